The van der Waals surface area contributed by atoms with E-state index in [-0.39, 0.29) is 11.9 Å². The number of nitrogens with zero attached hydrogens (tertiary/aromatic N) is 1. The molecule has 36 heavy (non-hydrogen) atoms. The number of rotatable bonds is 7. The molecular weight excluding hydrogens is 452 g/mol. The molecule has 186 valence electrons. The first-order valence-corrected chi connectivity index (χ1v) is 12.4. The van der Waals surface area contributed by atoms with E-state index in [2.05, 4.69) is 17.1 Å². The van der Waals surface area contributed by atoms with Crippen LogP contribution in [0.1, 0.15) is 47.5 Å². The zero-order valence-electron chi connectivity index (χ0n) is 21.0. The lowest BCUT2D eigenvalue weighted by atomic mass is 9.93. The van der Waals surface area contributed by atoms with Crippen LogP contribution in [0.25, 0.3) is 11.0 Å². The van der Waals surface area contributed by atoms with Crippen molar-refractivity contribution in [3.63, 3.8) is 0 Å². The molecule has 3 aromatic carbocycles. The van der Waals surface area contributed by atoms with Gasteiger partial charge < -0.3 is 19.2 Å². The van der Waals surface area contributed by atoms with Crippen LogP contribution in [0, 0.1) is 5.92 Å². The number of amides is 1. The van der Waals surface area contributed by atoms with E-state index in [1.54, 1.807) is 14.2 Å². The number of para-hydroxylation sites is 1. The maximum atomic E-state index is 13.3. The Labute approximate surface area is 211 Å². The number of ether oxygens (including phenoxy) is 2. The molecule has 2 heterocycles. The third-order valence-corrected chi connectivity index (χ3v) is 7.06. The second kappa shape index (κ2) is 10.5. The van der Waals surface area contributed by atoms with E-state index in [1.807, 2.05) is 72.8 Å². The molecule has 1 N–H and O–H groups in total. The normalized spacial score (nSPS) is 15.5. The fraction of sp³-hybridized carbons (Fsp3) is 0.300. The number of carbonyl (C=O) groups is 1. The lowest BCUT2D eigenvalue weighted by Gasteiger charge is -2.37. The molecule has 1 aliphatic heterocycles. The average molecular weight is 485 g/mol. The molecule has 5 rings (SSSR count). The van der Waals surface area contributed by atoms with Crippen molar-refractivity contribution in [2.45, 2.75) is 25.8 Å². The van der Waals surface area contributed by atoms with Crippen LogP contribution < -0.4 is 14.8 Å². The van der Waals surface area contributed by atoms with Crippen molar-refractivity contribution in [1.29, 1.82) is 0 Å². The second-order valence-electron chi connectivity index (χ2n) is 9.39. The van der Waals surface area contributed by atoms with E-state index in [9.17, 15) is 4.79 Å². The molecule has 1 aliphatic rings. The first kappa shape index (κ1) is 23.9. The topological polar surface area (TPSA) is 63.9 Å². The van der Waals surface area contributed by atoms with Crippen molar-refractivity contribution in [2.24, 2.45) is 5.92 Å². The minimum absolute atomic E-state index is 0.174. The predicted molar refractivity (Wildman–Crippen MR) is 142 cm³/mol. The zero-order valence-corrected chi connectivity index (χ0v) is 21.0. The number of fused-ring (bicyclic) bond motifs is 1. The van der Waals surface area contributed by atoms with Crippen LogP contribution in [0.5, 0.6) is 11.5 Å². The summed E-state index contributed by atoms with van der Waals surface area (Å²) in [4.78, 5) is 15.7. The van der Waals surface area contributed by atoms with E-state index in [0.29, 0.717) is 22.9 Å². The Bertz CT molecular complexity index is 1340. The molecule has 1 aromatic heterocycles. The van der Waals surface area contributed by atoms with Gasteiger partial charge in [0.1, 0.15) is 17.1 Å². The fourth-order valence-electron chi connectivity index (χ4n) is 5.00. The first-order chi connectivity index (χ1) is 17.6. The smallest absolute Gasteiger partial charge is 0.255 e. The van der Waals surface area contributed by atoms with E-state index in [0.717, 1.165) is 54.0 Å². The van der Waals surface area contributed by atoms with Crippen LogP contribution in [0.2, 0.25) is 0 Å². The highest BCUT2D eigenvalue weighted by Crippen LogP contribution is 2.45. The number of piperidine rings is 1. The van der Waals surface area contributed by atoms with Crippen LogP contribution in [0.4, 0.5) is 5.69 Å². The summed E-state index contributed by atoms with van der Waals surface area (Å²) in [5.41, 5.74) is 2.96. The number of hydrogen-bond acceptors (Lipinski definition) is 5. The Morgan fingerprint density at radius 2 is 1.69 bits per heavy atom. The summed E-state index contributed by atoms with van der Waals surface area (Å²) in [5.74, 6) is 2.68. The minimum atomic E-state index is -0.263. The lowest BCUT2D eigenvalue weighted by molar-refractivity contribution is 0.102. The van der Waals surface area contributed by atoms with Gasteiger partial charge in [-0.1, -0.05) is 37.3 Å². The Kier molecular flexibility index (Phi) is 6.96. The van der Waals surface area contributed by atoms with Gasteiger partial charge in [0.25, 0.3) is 5.91 Å². The maximum absolute atomic E-state index is 13.3. The molecule has 6 heteroatoms. The molecule has 0 saturated carbocycles. The molecule has 0 aliphatic carbocycles. The van der Waals surface area contributed by atoms with Crippen LogP contribution in [0.3, 0.4) is 0 Å². The molecule has 6 nitrogen and oxygen atoms in total. The maximum Gasteiger partial charge on any atom is 0.255 e. The van der Waals surface area contributed by atoms with Gasteiger partial charge in [-0.05, 0) is 74.3 Å². The lowest BCUT2D eigenvalue weighted by Crippen LogP contribution is -2.37. The first-order valence-electron chi connectivity index (χ1n) is 12.4. The molecule has 0 spiro atoms. The zero-order chi connectivity index (χ0) is 25.1. The average Bonchev–Trinajstić information content (AvgIpc) is 3.28. The molecule has 1 amide bonds. The second-order valence-corrected chi connectivity index (χ2v) is 9.39. The van der Waals surface area contributed by atoms with E-state index in [1.165, 1.54) is 0 Å². The van der Waals surface area contributed by atoms with E-state index >= 15 is 0 Å². The number of nitrogens with one attached hydrogen (secondary N) is 1. The molecule has 0 bridgehead atoms. The summed E-state index contributed by atoms with van der Waals surface area (Å²) in [5, 5.41) is 4.05. The Hall–Kier alpha value is -3.77. The highest BCUT2D eigenvalue weighted by atomic mass is 16.5. The summed E-state index contributed by atoms with van der Waals surface area (Å²) in [6, 6.07) is 22.7. The Morgan fingerprint density at radius 1 is 0.972 bits per heavy atom. The number of hydrogen-bond donors (Lipinski definition) is 1. The largest absolute Gasteiger partial charge is 0.497 e. The minimum Gasteiger partial charge on any atom is -0.497 e. The van der Waals surface area contributed by atoms with Crippen molar-refractivity contribution in [2.75, 3.05) is 32.6 Å². The predicted octanol–water partition coefficient (Wildman–Crippen LogP) is 6.52. The Balaban J connectivity index is 1.68. The summed E-state index contributed by atoms with van der Waals surface area (Å²) in [6.07, 6.45) is 2.18. The fourth-order valence-corrected chi connectivity index (χ4v) is 5.00. The standard InChI is InChI=1S/C30H32N2O4/c1-20-15-17-32(18-16-20)28(24-19-22(34-2)13-14-25(24)35-3)29-27(23-11-7-8-12-26(23)36-29)31-30(33)21-9-5-4-6-10-21/h4-14,19-20,28H,15-18H2,1-3H3,(H,31,33)/t28-/m0/s1. The summed E-state index contributed by atoms with van der Waals surface area (Å²) in [6.45, 7) is 4.12. The van der Waals surface area contributed by atoms with Gasteiger partial charge in [-0.15, -0.1) is 0 Å². The van der Waals surface area contributed by atoms with Crippen molar-refractivity contribution >= 4 is 22.6 Å². The molecule has 0 unspecified atom stereocenters. The molecular formula is C30H32N2O4. The van der Waals surface area contributed by atoms with Gasteiger partial charge in [0.05, 0.1) is 25.9 Å². The summed E-state index contributed by atoms with van der Waals surface area (Å²) < 4.78 is 17.9. The number of likely N-dealkylation sites (tertiary alicyclic amines) is 1. The van der Waals surface area contributed by atoms with Crippen molar-refractivity contribution in [1.82, 2.24) is 4.90 Å². The number of benzene rings is 3. The summed E-state index contributed by atoms with van der Waals surface area (Å²) >= 11 is 0. The van der Waals surface area contributed by atoms with E-state index in [4.69, 9.17) is 13.9 Å². The van der Waals surface area contributed by atoms with Crippen molar-refractivity contribution in [3.05, 3.63) is 89.7 Å². The van der Waals surface area contributed by atoms with Gasteiger partial charge >= 0.3 is 0 Å². The third-order valence-electron chi connectivity index (χ3n) is 7.06. The summed E-state index contributed by atoms with van der Waals surface area (Å²) in [7, 11) is 3.34. The van der Waals surface area contributed by atoms with Crippen LogP contribution in [-0.4, -0.2) is 38.1 Å². The molecule has 0 radical (unpaired) electrons. The Morgan fingerprint density at radius 3 is 2.42 bits per heavy atom. The van der Waals surface area contributed by atoms with Gasteiger partial charge in [0, 0.05) is 16.5 Å². The van der Waals surface area contributed by atoms with E-state index < -0.39 is 0 Å². The van der Waals surface area contributed by atoms with Gasteiger partial charge in [-0.3, -0.25) is 9.69 Å². The SMILES string of the molecule is COc1ccc(OC)c([C@@H](c2oc3ccccc3c2NC(=O)c2ccccc2)N2CCC(C)CC2)c1. The highest BCUT2D eigenvalue weighted by molar-refractivity contribution is 6.09. The number of carbonyl (C=O) groups excluding carboxylic acids is 1. The molecule has 4 aromatic rings. The number of furan rings is 1. The van der Waals surface area contributed by atoms with Crippen LogP contribution >= 0.6 is 0 Å². The quantitative estimate of drug-likeness (QED) is 0.323. The van der Waals surface area contributed by atoms with Gasteiger partial charge in [-0.2, -0.15) is 0 Å². The monoisotopic (exact) mass is 484 g/mol. The molecule has 1 fully saturated rings. The number of anilines is 1. The highest BCUT2D eigenvalue weighted by Gasteiger charge is 2.34. The van der Waals surface area contributed by atoms with Gasteiger partial charge in [-0.25, -0.2) is 0 Å². The van der Waals surface area contributed by atoms with Gasteiger partial charge in [0.15, 0.2) is 5.76 Å². The van der Waals surface area contributed by atoms with Crippen LogP contribution in [0.15, 0.2) is 77.2 Å². The molecule has 1 atom stereocenters. The van der Waals surface area contributed by atoms with Crippen molar-refractivity contribution in [3.8, 4) is 11.5 Å². The van der Waals surface area contributed by atoms with Crippen molar-refractivity contribution < 1.29 is 18.7 Å². The van der Waals surface area contributed by atoms with Crippen LogP contribution in [-0.2, 0) is 0 Å². The van der Waals surface area contributed by atoms with Gasteiger partial charge in [0.2, 0.25) is 0 Å². The number of methoxy groups -OCH3 is 2. The third kappa shape index (κ3) is 4.69. The molecule has 1 saturated heterocycles.